The molecule has 0 saturated carbocycles. The number of thiazole rings is 1. The number of nitrogens with zero attached hydrogens (tertiary/aromatic N) is 2. The predicted molar refractivity (Wildman–Crippen MR) is 53.0 cm³/mol. The van der Waals surface area contributed by atoms with Gasteiger partial charge in [0.25, 0.3) is 0 Å². The minimum atomic E-state index is 0.867. The van der Waals surface area contributed by atoms with Crippen LogP contribution in [0.1, 0.15) is 0 Å². The standard InChI is InChI=1S/C8H5BrN2S/c9-8-7(12-5-11-8)6-3-1-2-4-10-6/h1-5H. The molecule has 12 heavy (non-hydrogen) atoms. The molecule has 0 aromatic carbocycles. The lowest BCUT2D eigenvalue weighted by molar-refractivity contribution is 1.31. The van der Waals surface area contributed by atoms with Crippen LogP contribution in [-0.4, -0.2) is 9.97 Å². The maximum Gasteiger partial charge on any atom is 0.126 e. The van der Waals surface area contributed by atoms with Crippen LogP contribution in [0.4, 0.5) is 0 Å². The van der Waals surface area contributed by atoms with E-state index in [2.05, 4.69) is 25.9 Å². The Hall–Kier alpha value is -0.740. The van der Waals surface area contributed by atoms with Crippen LogP contribution < -0.4 is 0 Å². The molecule has 2 aromatic rings. The molecule has 0 N–H and O–H groups in total. The van der Waals surface area contributed by atoms with Crippen molar-refractivity contribution in [1.29, 1.82) is 0 Å². The summed E-state index contributed by atoms with van der Waals surface area (Å²) in [6, 6.07) is 5.84. The van der Waals surface area contributed by atoms with E-state index in [0.717, 1.165) is 15.2 Å². The van der Waals surface area contributed by atoms with Gasteiger partial charge < -0.3 is 0 Å². The molecule has 2 aromatic heterocycles. The van der Waals surface area contributed by atoms with E-state index in [4.69, 9.17) is 0 Å². The zero-order valence-corrected chi connectivity index (χ0v) is 8.47. The molecule has 2 heterocycles. The van der Waals surface area contributed by atoms with Crippen molar-refractivity contribution in [2.45, 2.75) is 0 Å². The summed E-state index contributed by atoms with van der Waals surface area (Å²) in [4.78, 5) is 9.39. The average Bonchev–Trinajstić information content (AvgIpc) is 2.53. The quantitative estimate of drug-likeness (QED) is 0.767. The molecule has 0 unspecified atom stereocenters. The van der Waals surface area contributed by atoms with Gasteiger partial charge in [0.2, 0.25) is 0 Å². The third-order valence-electron chi connectivity index (χ3n) is 1.42. The van der Waals surface area contributed by atoms with Gasteiger partial charge in [-0.2, -0.15) is 0 Å². The Labute approximate surface area is 82.4 Å². The second kappa shape index (κ2) is 3.33. The van der Waals surface area contributed by atoms with Gasteiger partial charge in [-0.1, -0.05) is 6.07 Å². The number of pyridine rings is 1. The zero-order chi connectivity index (χ0) is 8.39. The van der Waals surface area contributed by atoms with Gasteiger partial charge in [0, 0.05) is 6.20 Å². The summed E-state index contributed by atoms with van der Waals surface area (Å²) in [6.45, 7) is 0. The lowest BCUT2D eigenvalue weighted by atomic mass is 10.3. The molecule has 0 aliphatic rings. The molecular weight excluding hydrogens is 236 g/mol. The molecule has 0 bridgehead atoms. The highest BCUT2D eigenvalue weighted by Gasteiger charge is 2.05. The summed E-state index contributed by atoms with van der Waals surface area (Å²) in [5, 5.41) is 0. The fraction of sp³-hybridized carbons (Fsp3) is 0. The monoisotopic (exact) mass is 240 g/mol. The van der Waals surface area contributed by atoms with Crippen molar-refractivity contribution in [2.24, 2.45) is 0 Å². The average molecular weight is 241 g/mol. The van der Waals surface area contributed by atoms with Gasteiger partial charge in [-0.25, -0.2) is 4.98 Å². The molecule has 0 atom stereocenters. The largest absolute Gasteiger partial charge is 0.255 e. The SMILES string of the molecule is Brc1ncsc1-c1ccccn1. The maximum absolute atomic E-state index is 4.22. The van der Waals surface area contributed by atoms with Gasteiger partial charge in [0.05, 0.1) is 16.1 Å². The van der Waals surface area contributed by atoms with E-state index in [9.17, 15) is 0 Å². The van der Waals surface area contributed by atoms with Crippen molar-refractivity contribution < 1.29 is 0 Å². The number of rotatable bonds is 1. The van der Waals surface area contributed by atoms with Crippen LogP contribution in [0.3, 0.4) is 0 Å². The van der Waals surface area contributed by atoms with Crippen molar-refractivity contribution in [3.05, 3.63) is 34.5 Å². The van der Waals surface area contributed by atoms with Crippen molar-refractivity contribution in [3.63, 3.8) is 0 Å². The fourth-order valence-corrected chi connectivity index (χ4v) is 2.27. The van der Waals surface area contributed by atoms with Crippen molar-refractivity contribution in [3.8, 4) is 10.6 Å². The van der Waals surface area contributed by atoms with E-state index >= 15 is 0 Å². The van der Waals surface area contributed by atoms with E-state index in [1.54, 1.807) is 23.0 Å². The molecule has 2 rings (SSSR count). The molecule has 4 heteroatoms. The Morgan fingerprint density at radius 3 is 2.75 bits per heavy atom. The van der Waals surface area contributed by atoms with Gasteiger partial charge in [-0.15, -0.1) is 11.3 Å². The molecule has 60 valence electrons. The summed E-state index contributed by atoms with van der Waals surface area (Å²) in [5.74, 6) is 0. The molecular formula is C8H5BrN2S. The topological polar surface area (TPSA) is 25.8 Å². The Morgan fingerprint density at radius 1 is 1.25 bits per heavy atom. The zero-order valence-electron chi connectivity index (χ0n) is 6.07. The summed E-state index contributed by atoms with van der Waals surface area (Å²) < 4.78 is 0.867. The van der Waals surface area contributed by atoms with Gasteiger partial charge in [0.1, 0.15) is 4.60 Å². The van der Waals surface area contributed by atoms with Crippen LogP contribution in [-0.2, 0) is 0 Å². The minimum Gasteiger partial charge on any atom is -0.255 e. The van der Waals surface area contributed by atoms with E-state index in [-0.39, 0.29) is 0 Å². The maximum atomic E-state index is 4.22. The van der Waals surface area contributed by atoms with Gasteiger partial charge in [-0.05, 0) is 28.1 Å². The smallest absolute Gasteiger partial charge is 0.126 e. The van der Waals surface area contributed by atoms with Crippen LogP contribution in [0.15, 0.2) is 34.5 Å². The van der Waals surface area contributed by atoms with Crippen LogP contribution in [0.2, 0.25) is 0 Å². The molecule has 0 saturated heterocycles. The molecule has 0 spiro atoms. The molecule has 2 nitrogen and oxygen atoms in total. The third kappa shape index (κ3) is 1.40. The highest BCUT2D eigenvalue weighted by molar-refractivity contribution is 9.10. The molecule has 0 aliphatic heterocycles. The second-order valence-corrected chi connectivity index (χ2v) is 3.79. The lowest BCUT2D eigenvalue weighted by Gasteiger charge is -1.93. The van der Waals surface area contributed by atoms with E-state index in [1.165, 1.54) is 0 Å². The number of hydrogen-bond donors (Lipinski definition) is 0. The van der Waals surface area contributed by atoms with E-state index < -0.39 is 0 Å². The number of halogens is 1. The second-order valence-electron chi connectivity index (χ2n) is 2.19. The van der Waals surface area contributed by atoms with Crippen molar-refractivity contribution in [1.82, 2.24) is 9.97 Å². The minimum absolute atomic E-state index is 0.867. The van der Waals surface area contributed by atoms with Gasteiger partial charge >= 0.3 is 0 Å². The first kappa shape index (κ1) is 7.89. The Kier molecular flexibility index (Phi) is 2.19. The van der Waals surface area contributed by atoms with Gasteiger partial charge in [-0.3, -0.25) is 4.98 Å². The summed E-state index contributed by atoms with van der Waals surface area (Å²) in [7, 11) is 0. The van der Waals surface area contributed by atoms with Crippen molar-refractivity contribution >= 4 is 27.3 Å². The first-order valence-electron chi connectivity index (χ1n) is 3.38. The normalized spacial score (nSPS) is 10.1. The third-order valence-corrected chi connectivity index (χ3v) is 3.13. The van der Waals surface area contributed by atoms with Crippen molar-refractivity contribution in [2.75, 3.05) is 0 Å². The van der Waals surface area contributed by atoms with Crippen LogP contribution in [0.25, 0.3) is 10.6 Å². The Bertz CT molecular complexity index is 372. The van der Waals surface area contributed by atoms with Crippen LogP contribution in [0, 0.1) is 0 Å². The summed E-state index contributed by atoms with van der Waals surface area (Å²) in [5.41, 5.74) is 2.76. The highest BCUT2D eigenvalue weighted by atomic mass is 79.9. The molecule has 0 radical (unpaired) electrons. The van der Waals surface area contributed by atoms with Crippen LogP contribution >= 0.6 is 27.3 Å². The van der Waals surface area contributed by atoms with Gasteiger partial charge in [0.15, 0.2) is 0 Å². The van der Waals surface area contributed by atoms with Crippen LogP contribution in [0.5, 0.6) is 0 Å². The van der Waals surface area contributed by atoms with E-state index in [0.29, 0.717) is 0 Å². The molecule has 0 amide bonds. The lowest BCUT2D eigenvalue weighted by Crippen LogP contribution is -1.77. The Morgan fingerprint density at radius 2 is 2.17 bits per heavy atom. The number of aromatic nitrogens is 2. The predicted octanol–water partition coefficient (Wildman–Crippen LogP) is 2.97. The summed E-state index contributed by atoms with van der Waals surface area (Å²) >= 11 is 4.94. The fourth-order valence-electron chi connectivity index (χ4n) is 0.896. The Balaban J connectivity index is 2.51. The number of hydrogen-bond acceptors (Lipinski definition) is 3. The first-order valence-corrected chi connectivity index (χ1v) is 5.05. The first-order chi connectivity index (χ1) is 5.88. The molecule has 0 fully saturated rings. The molecule has 0 aliphatic carbocycles. The summed E-state index contributed by atoms with van der Waals surface area (Å²) in [6.07, 6.45) is 1.78. The highest BCUT2D eigenvalue weighted by Crippen LogP contribution is 2.29. The van der Waals surface area contributed by atoms with E-state index in [1.807, 2.05) is 18.2 Å².